The predicted octanol–water partition coefficient (Wildman–Crippen LogP) is -2.37. The molecule has 0 aliphatic carbocycles. The zero-order valence-electron chi connectivity index (χ0n) is 30.3. The van der Waals surface area contributed by atoms with E-state index in [0.717, 1.165) is 39.5 Å². The molecule has 0 spiro atoms. The molecule has 0 aromatic rings. The fourth-order valence-electron chi connectivity index (χ4n) is 5.20. The number of hydrogen-bond acceptors (Lipinski definition) is 16. The molecule has 3 aliphatic heterocycles. The third-order valence-electron chi connectivity index (χ3n) is 7.70. The summed E-state index contributed by atoms with van der Waals surface area (Å²) < 4.78 is 32.5. The lowest BCUT2D eigenvalue weighted by atomic mass is 9.98. The van der Waals surface area contributed by atoms with E-state index in [1.165, 1.54) is 0 Å². The Morgan fingerprint density at radius 1 is 1.02 bits per heavy atom. The molecule has 304 valence electrons. The number of hydrogen-bond donors (Lipinski definition) is 9. The number of nitrogens with one attached hydrogen (secondary N) is 3. The molecular formula is C32H67N5O14. The van der Waals surface area contributed by atoms with Gasteiger partial charge in [-0.3, -0.25) is 9.59 Å². The maximum Gasteiger partial charge on any atom is 0.404 e. The topological polar surface area (TPSA) is 273 Å². The van der Waals surface area contributed by atoms with Gasteiger partial charge < -0.3 is 80.5 Å². The molecule has 19 heteroatoms. The number of aliphatic hydroxyl groups excluding tert-OH is 5. The third kappa shape index (κ3) is 18.9. The number of likely N-dealkylation sites (N-methyl/N-ethyl adjacent to an activating group) is 2. The van der Waals surface area contributed by atoms with Crippen LogP contribution in [0.4, 0.5) is 4.79 Å². The van der Waals surface area contributed by atoms with Crippen LogP contribution in [-0.4, -0.2) is 184 Å². The number of amides is 3. The summed E-state index contributed by atoms with van der Waals surface area (Å²) in [6, 6.07) is 0.660. The van der Waals surface area contributed by atoms with Crippen LogP contribution < -0.4 is 21.7 Å². The maximum atomic E-state index is 11.5. The lowest BCUT2D eigenvalue weighted by Gasteiger charge is -2.44. The Labute approximate surface area is 302 Å². The molecule has 3 amide bonds. The normalized spacial score (nSPS) is 30.0. The molecule has 3 rings (SSSR count). The van der Waals surface area contributed by atoms with Gasteiger partial charge in [0.2, 0.25) is 12.3 Å². The molecule has 0 aromatic carbocycles. The SMILES string of the molecule is C.CC.CCCCC(=O)NCCOCCOC1OCCC(O)C1O[C@H]1OC(CO)[C@@H](O)C(OC(N)=O)C1O.CNC1CN(C)CC1NC=O.CO. The van der Waals surface area contributed by atoms with Crippen LogP contribution in [0.3, 0.4) is 0 Å². The van der Waals surface area contributed by atoms with Gasteiger partial charge in [-0.25, -0.2) is 4.79 Å². The van der Waals surface area contributed by atoms with Crippen LogP contribution in [0.25, 0.3) is 0 Å². The molecule has 0 saturated carbocycles. The van der Waals surface area contributed by atoms with Crippen LogP contribution in [-0.2, 0) is 38.0 Å². The summed E-state index contributed by atoms with van der Waals surface area (Å²) in [7, 11) is 4.97. The van der Waals surface area contributed by atoms with Crippen molar-refractivity contribution < 1.29 is 68.3 Å². The van der Waals surface area contributed by atoms with Gasteiger partial charge in [0.25, 0.3) is 0 Å². The van der Waals surface area contributed by atoms with Gasteiger partial charge in [0.15, 0.2) is 18.7 Å². The van der Waals surface area contributed by atoms with E-state index in [4.69, 9.17) is 39.3 Å². The van der Waals surface area contributed by atoms with Crippen molar-refractivity contribution in [2.24, 2.45) is 5.73 Å². The number of rotatable bonds is 17. The average molecular weight is 746 g/mol. The fraction of sp³-hybridized carbons (Fsp3) is 0.906. The minimum atomic E-state index is -1.68. The summed E-state index contributed by atoms with van der Waals surface area (Å²) >= 11 is 0. The van der Waals surface area contributed by atoms with Gasteiger partial charge in [-0.15, -0.1) is 0 Å². The minimum Gasteiger partial charge on any atom is -0.441 e. The van der Waals surface area contributed by atoms with Crippen molar-refractivity contribution in [3.8, 4) is 0 Å². The number of nitrogens with two attached hydrogens (primary N) is 1. The zero-order chi connectivity index (χ0) is 38.1. The van der Waals surface area contributed by atoms with Crippen molar-refractivity contribution in [2.75, 3.05) is 73.9 Å². The second-order valence-electron chi connectivity index (χ2n) is 11.2. The second-order valence-corrected chi connectivity index (χ2v) is 11.2. The van der Waals surface area contributed by atoms with Crippen molar-refractivity contribution in [1.82, 2.24) is 20.9 Å². The smallest absolute Gasteiger partial charge is 0.404 e. The first-order valence-corrected chi connectivity index (χ1v) is 17.1. The summed E-state index contributed by atoms with van der Waals surface area (Å²) in [5.41, 5.74) is 5.00. The van der Waals surface area contributed by atoms with Gasteiger partial charge in [0.05, 0.1) is 45.2 Å². The number of carbonyl (C=O) groups excluding carboxylic acids is 3. The minimum absolute atomic E-state index is 0. The summed E-state index contributed by atoms with van der Waals surface area (Å²) in [6.07, 6.45) is -8.69. The molecule has 3 saturated heterocycles. The molecular weight excluding hydrogens is 678 g/mol. The molecule has 0 radical (unpaired) electrons. The lowest BCUT2D eigenvalue weighted by molar-refractivity contribution is -0.348. The van der Waals surface area contributed by atoms with E-state index in [-0.39, 0.29) is 45.6 Å². The predicted molar refractivity (Wildman–Crippen MR) is 186 cm³/mol. The third-order valence-corrected chi connectivity index (χ3v) is 7.70. The highest BCUT2D eigenvalue weighted by molar-refractivity contribution is 5.75. The van der Waals surface area contributed by atoms with Crippen molar-refractivity contribution in [1.29, 1.82) is 0 Å². The number of likely N-dealkylation sites (tertiary alicyclic amines) is 1. The molecule has 19 nitrogen and oxygen atoms in total. The largest absolute Gasteiger partial charge is 0.441 e. The van der Waals surface area contributed by atoms with E-state index in [0.29, 0.717) is 25.6 Å². The van der Waals surface area contributed by atoms with Crippen LogP contribution in [0, 0.1) is 0 Å². The highest BCUT2D eigenvalue weighted by atomic mass is 16.8. The van der Waals surface area contributed by atoms with E-state index >= 15 is 0 Å². The summed E-state index contributed by atoms with van der Waals surface area (Å²) in [5, 5.41) is 56.3. The van der Waals surface area contributed by atoms with Crippen LogP contribution in [0.1, 0.15) is 53.9 Å². The van der Waals surface area contributed by atoms with E-state index in [1.807, 2.05) is 27.8 Å². The Hall–Kier alpha value is -2.27. The summed E-state index contributed by atoms with van der Waals surface area (Å²) in [4.78, 5) is 35.1. The highest BCUT2D eigenvalue weighted by Crippen LogP contribution is 2.28. The number of aliphatic hydroxyl groups is 5. The van der Waals surface area contributed by atoms with Crippen molar-refractivity contribution in [3.63, 3.8) is 0 Å². The first-order valence-electron chi connectivity index (χ1n) is 17.1. The Kier molecular flexibility index (Phi) is 30.1. The number of unbranched alkanes of at least 4 members (excludes halogenated alkanes) is 1. The maximum absolute atomic E-state index is 11.5. The van der Waals surface area contributed by atoms with Gasteiger partial charge in [-0.2, -0.15) is 0 Å². The first-order chi connectivity index (χ1) is 24.1. The molecule has 3 heterocycles. The van der Waals surface area contributed by atoms with Crippen LogP contribution in [0.2, 0.25) is 0 Å². The van der Waals surface area contributed by atoms with Crippen molar-refractivity contribution in [2.45, 2.75) is 115 Å². The Bertz CT molecular complexity index is 897. The highest BCUT2D eigenvalue weighted by Gasteiger charge is 2.49. The van der Waals surface area contributed by atoms with Gasteiger partial charge >= 0.3 is 6.09 Å². The Morgan fingerprint density at radius 2 is 1.69 bits per heavy atom. The van der Waals surface area contributed by atoms with Crippen LogP contribution in [0.5, 0.6) is 0 Å². The molecule has 3 fully saturated rings. The van der Waals surface area contributed by atoms with Crippen molar-refractivity contribution >= 4 is 18.4 Å². The monoisotopic (exact) mass is 745 g/mol. The lowest BCUT2D eigenvalue weighted by Crippen LogP contribution is -2.62. The summed E-state index contributed by atoms with van der Waals surface area (Å²) in [5.74, 6) is -0.0252. The number of primary amides is 1. The van der Waals surface area contributed by atoms with Gasteiger partial charge in [-0.1, -0.05) is 34.6 Å². The summed E-state index contributed by atoms with van der Waals surface area (Å²) in [6.45, 7) is 8.41. The molecule has 8 unspecified atom stereocenters. The standard InChI is InChI=1S/C21H38N2O12.C7H15N3O.C2H6.CH4O.CH4/c1-2-3-4-14(26)23-6-8-30-9-10-32-20-17(12(25)5-7-31-20)34-19-16(28)18(35-21(22)29)15(27)13(11-24)33-19;1-8-6-3-10(2)4-7(6)9-5-11;2*1-2;/h12-13,15-20,24-25,27-28H,2-11H2,1H3,(H2,22,29)(H,23,26);5-8H,3-4H2,1-2H3,(H,9,11);1-2H3;2H,1H3;1H4/t12?,13?,15-,16?,17?,18?,19-,20?;;;;/m1..../s1. The van der Waals surface area contributed by atoms with Gasteiger partial charge in [0.1, 0.15) is 24.4 Å². The van der Waals surface area contributed by atoms with Gasteiger partial charge in [-0.05, 0) is 26.9 Å². The number of nitrogens with zero attached hydrogens (tertiary/aromatic N) is 1. The Morgan fingerprint density at radius 3 is 2.27 bits per heavy atom. The van der Waals surface area contributed by atoms with Gasteiger partial charge in [0, 0.05) is 39.2 Å². The molecule has 0 bridgehead atoms. The number of carbonyl (C=O) groups is 3. The molecule has 3 aliphatic rings. The molecule has 10 N–H and O–H groups in total. The zero-order valence-corrected chi connectivity index (χ0v) is 30.3. The molecule has 51 heavy (non-hydrogen) atoms. The van der Waals surface area contributed by atoms with E-state index in [1.54, 1.807) is 0 Å². The second kappa shape index (κ2) is 30.2. The van der Waals surface area contributed by atoms with E-state index in [2.05, 4.69) is 27.9 Å². The Balaban J connectivity index is 0. The van der Waals surface area contributed by atoms with E-state index in [9.17, 15) is 34.8 Å². The first kappa shape index (κ1) is 50.8. The molecule has 0 aromatic heterocycles. The van der Waals surface area contributed by atoms with E-state index < -0.39 is 61.9 Å². The fourth-order valence-corrected chi connectivity index (χ4v) is 5.20. The molecule has 10 atom stereocenters. The average Bonchev–Trinajstić information content (AvgIpc) is 3.48. The van der Waals surface area contributed by atoms with Crippen molar-refractivity contribution in [3.05, 3.63) is 0 Å². The van der Waals surface area contributed by atoms with Crippen LogP contribution in [0.15, 0.2) is 0 Å². The van der Waals surface area contributed by atoms with Crippen LogP contribution >= 0.6 is 0 Å². The number of ether oxygens (including phenoxy) is 6. The quantitative estimate of drug-likeness (QED) is 0.0556.